The molecule has 0 atom stereocenters. The highest BCUT2D eigenvalue weighted by molar-refractivity contribution is 7.92. The van der Waals surface area contributed by atoms with Crippen molar-refractivity contribution in [3.63, 3.8) is 0 Å². The van der Waals surface area contributed by atoms with Crippen molar-refractivity contribution in [1.29, 1.82) is 0 Å². The molecule has 0 unspecified atom stereocenters. The van der Waals surface area contributed by atoms with Crippen molar-refractivity contribution in [2.75, 3.05) is 32.7 Å². The van der Waals surface area contributed by atoms with E-state index in [1.165, 1.54) is 33.8 Å². The van der Waals surface area contributed by atoms with Gasteiger partial charge in [0.1, 0.15) is 4.21 Å². The van der Waals surface area contributed by atoms with Crippen LogP contribution in [0.15, 0.2) is 52.2 Å². The van der Waals surface area contributed by atoms with Crippen LogP contribution in [-0.2, 0) is 26.2 Å². The zero-order valence-corrected chi connectivity index (χ0v) is 23.2. The Morgan fingerprint density at radius 1 is 0.878 bits per heavy atom. The van der Waals surface area contributed by atoms with Gasteiger partial charge < -0.3 is 15.1 Å². The first kappa shape index (κ1) is 34.1. The van der Waals surface area contributed by atoms with Gasteiger partial charge in [-0.15, -0.1) is 11.3 Å². The molecule has 3 aromatic rings. The third-order valence-electron chi connectivity index (χ3n) is 5.68. The fraction of sp³-hybridized carbons (Fsp3) is 0.417. The lowest BCUT2D eigenvalue weighted by molar-refractivity contribution is -0.193. The molecule has 1 aromatic carbocycles. The summed E-state index contributed by atoms with van der Waals surface area (Å²) >= 11 is 1.25. The van der Waals surface area contributed by atoms with E-state index in [0.717, 1.165) is 43.6 Å². The maximum atomic E-state index is 12.9. The van der Waals surface area contributed by atoms with Gasteiger partial charge in [0, 0.05) is 44.3 Å². The van der Waals surface area contributed by atoms with Gasteiger partial charge in [0.15, 0.2) is 0 Å². The van der Waals surface area contributed by atoms with Crippen LogP contribution in [0.25, 0.3) is 10.9 Å². The lowest BCUT2D eigenvalue weighted by Crippen LogP contribution is -2.45. The van der Waals surface area contributed by atoms with Gasteiger partial charge >= 0.3 is 24.3 Å². The van der Waals surface area contributed by atoms with E-state index < -0.39 is 34.3 Å². The molecule has 4 rings (SSSR count). The Balaban J connectivity index is 0.000000349. The summed E-state index contributed by atoms with van der Waals surface area (Å²) in [4.78, 5) is 22.8. The summed E-state index contributed by atoms with van der Waals surface area (Å²) in [6.45, 7) is 8.60. The second-order valence-electron chi connectivity index (χ2n) is 8.62. The molecule has 228 valence electrons. The first-order valence-electron chi connectivity index (χ1n) is 11.9. The van der Waals surface area contributed by atoms with Crippen molar-refractivity contribution in [3.05, 3.63) is 53.5 Å². The van der Waals surface area contributed by atoms with Crippen LogP contribution in [0, 0.1) is 0 Å². The summed E-state index contributed by atoms with van der Waals surface area (Å²) in [5.41, 5.74) is 1.95. The van der Waals surface area contributed by atoms with E-state index in [4.69, 9.17) is 19.8 Å². The number of carboxylic acids is 2. The lowest BCUT2D eigenvalue weighted by Gasteiger charge is -2.34. The fourth-order valence-electron chi connectivity index (χ4n) is 3.79. The molecule has 17 heteroatoms. The molecule has 0 aliphatic carbocycles. The maximum Gasteiger partial charge on any atom is 0.490 e. The summed E-state index contributed by atoms with van der Waals surface area (Å²) < 4.78 is 91.1. The Morgan fingerprint density at radius 3 is 1.88 bits per heavy atom. The molecule has 0 amide bonds. The molecule has 2 aromatic heterocycles. The number of hydrogen-bond acceptors (Lipinski definition) is 7. The number of fused-ring (bicyclic) bond motifs is 1. The Kier molecular flexibility index (Phi) is 11.8. The predicted molar refractivity (Wildman–Crippen MR) is 138 cm³/mol. The second-order valence-corrected chi connectivity index (χ2v) is 11.6. The molecule has 2 N–H and O–H groups in total. The minimum absolute atomic E-state index is 0.373. The highest BCUT2D eigenvalue weighted by Crippen LogP contribution is 2.27. The molecule has 0 saturated carbocycles. The number of carboxylic acid groups (broad SMARTS) is 2. The van der Waals surface area contributed by atoms with Crippen molar-refractivity contribution in [3.8, 4) is 0 Å². The van der Waals surface area contributed by atoms with Crippen LogP contribution >= 0.6 is 11.3 Å². The number of alkyl halides is 6. The molecule has 0 spiro atoms. The Hall–Kier alpha value is -3.15. The number of aromatic nitrogens is 1. The number of nitrogens with zero attached hydrogens (tertiary/aromatic N) is 3. The van der Waals surface area contributed by atoms with Crippen LogP contribution in [0.5, 0.6) is 0 Å². The molecule has 1 aliphatic rings. The molecule has 9 nitrogen and oxygen atoms in total. The minimum atomic E-state index is -5.08. The SMILES string of the molecule is CCCN1CCN(Cc2cccc3c2ccn3S(=O)(=O)c2cccs2)CC1.O=C(O)C(F)(F)F.O=C(O)C(F)(F)F. The molecule has 41 heavy (non-hydrogen) atoms. The highest BCUT2D eigenvalue weighted by atomic mass is 32.2. The van der Waals surface area contributed by atoms with Crippen molar-refractivity contribution < 1.29 is 54.6 Å². The fourth-order valence-corrected chi connectivity index (χ4v) is 6.22. The Labute approximate surface area is 235 Å². The van der Waals surface area contributed by atoms with E-state index in [2.05, 4.69) is 22.8 Å². The van der Waals surface area contributed by atoms with E-state index in [-0.39, 0.29) is 0 Å². The standard InChI is InChI=1S/C20H25N3O2S2.2C2HF3O2/c1-2-9-21-11-13-22(14-12-21)16-17-5-3-6-19-18(17)8-10-23(19)27(24,25)20-7-4-15-26-20;2*3-2(4,5)1(6)7/h3-8,10,15H,2,9,11-14,16H2,1H3;2*(H,6,7). The second kappa shape index (κ2) is 14.2. The summed E-state index contributed by atoms with van der Waals surface area (Å²) in [5.74, 6) is -5.51. The number of piperazine rings is 1. The van der Waals surface area contributed by atoms with Gasteiger partial charge in [0.25, 0.3) is 10.0 Å². The number of carbonyl (C=O) groups is 2. The zero-order chi connectivity index (χ0) is 31.0. The zero-order valence-electron chi connectivity index (χ0n) is 21.5. The molecular formula is C24H27F6N3O6S2. The Morgan fingerprint density at radius 2 is 1.41 bits per heavy atom. The molecule has 1 saturated heterocycles. The molecule has 1 aliphatic heterocycles. The predicted octanol–water partition coefficient (Wildman–Crippen LogP) is 4.73. The van der Waals surface area contributed by atoms with Crippen LogP contribution < -0.4 is 0 Å². The van der Waals surface area contributed by atoms with Gasteiger partial charge in [-0.2, -0.15) is 34.8 Å². The number of hydrogen-bond donors (Lipinski definition) is 2. The van der Waals surface area contributed by atoms with E-state index in [0.29, 0.717) is 4.21 Å². The smallest absolute Gasteiger partial charge is 0.475 e. The van der Waals surface area contributed by atoms with Gasteiger partial charge in [-0.3, -0.25) is 4.90 Å². The van der Waals surface area contributed by atoms with Crippen molar-refractivity contribution in [2.24, 2.45) is 0 Å². The summed E-state index contributed by atoms with van der Waals surface area (Å²) in [7, 11) is -3.53. The number of benzene rings is 1. The van der Waals surface area contributed by atoms with Crippen molar-refractivity contribution >= 4 is 44.2 Å². The van der Waals surface area contributed by atoms with Crippen LogP contribution in [0.3, 0.4) is 0 Å². The molecular weight excluding hydrogens is 604 g/mol. The van der Waals surface area contributed by atoms with E-state index in [1.807, 2.05) is 18.2 Å². The van der Waals surface area contributed by atoms with Gasteiger partial charge in [-0.25, -0.2) is 13.6 Å². The molecule has 0 bridgehead atoms. The first-order chi connectivity index (χ1) is 19.0. The van der Waals surface area contributed by atoms with Gasteiger partial charge in [-0.05, 0) is 42.1 Å². The normalized spacial score (nSPS) is 15.0. The van der Waals surface area contributed by atoms with Crippen molar-refractivity contribution in [1.82, 2.24) is 13.8 Å². The highest BCUT2D eigenvalue weighted by Gasteiger charge is 2.38. The van der Waals surface area contributed by atoms with E-state index >= 15 is 0 Å². The monoisotopic (exact) mass is 631 g/mol. The van der Waals surface area contributed by atoms with Crippen LogP contribution in [-0.4, -0.2) is 89.4 Å². The number of thiophene rings is 1. The third-order valence-corrected chi connectivity index (χ3v) is 8.74. The molecule has 3 heterocycles. The lowest BCUT2D eigenvalue weighted by atomic mass is 10.1. The number of rotatable bonds is 6. The third kappa shape index (κ3) is 9.72. The maximum absolute atomic E-state index is 12.9. The average molecular weight is 632 g/mol. The number of halogens is 6. The number of aliphatic carboxylic acids is 2. The quantitative estimate of drug-likeness (QED) is 0.375. The largest absolute Gasteiger partial charge is 0.490 e. The van der Waals surface area contributed by atoms with Gasteiger partial charge in [0.05, 0.1) is 5.52 Å². The summed E-state index contributed by atoms with van der Waals surface area (Å²) in [6, 6.07) is 11.3. The van der Waals surface area contributed by atoms with E-state index in [9.17, 15) is 34.8 Å². The summed E-state index contributed by atoms with van der Waals surface area (Å²) in [5, 5.41) is 17.1. The summed E-state index contributed by atoms with van der Waals surface area (Å²) in [6.07, 6.45) is -7.28. The van der Waals surface area contributed by atoms with Crippen LogP contribution in [0.4, 0.5) is 26.3 Å². The average Bonchev–Trinajstić information content (AvgIpc) is 3.57. The minimum Gasteiger partial charge on any atom is -0.475 e. The molecule has 1 fully saturated rings. The van der Waals surface area contributed by atoms with Gasteiger partial charge in [0.2, 0.25) is 0 Å². The van der Waals surface area contributed by atoms with Gasteiger partial charge in [-0.1, -0.05) is 25.1 Å². The van der Waals surface area contributed by atoms with Crippen LogP contribution in [0.2, 0.25) is 0 Å². The van der Waals surface area contributed by atoms with E-state index in [1.54, 1.807) is 23.7 Å². The van der Waals surface area contributed by atoms with Crippen LogP contribution in [0.1, 0.15) is 18.9 Å². The molecule has 0 radical (unpaired) electrons. The first-order valence-corrected chi connectivity index (χ1v) is 14.2. The van der Waals surface area contributed by atoms with Crippen molar-refractivity contribution in [2.45, 2.75) is 36.5 Å². The topological polar surface area (TPSA) is 120 Å². The Bertz CT molecular complexity index is 1370.